The summed E-state index contributed by atoms with van der Waals surface area (Å²) in [4.78, 5) is 13.7. The zero-order valence-electron chi connectivity index (χ0n) is 10.2. The summed E-state index contributed by atoms with van der Waals surface area (Å²) in [6, 6.07) is 3.63. The Balaban J connectivity index is 2.67. The zero-order valence-corrected chi connectivity index (χ0v) is 11.7. The van der Waals surface area contributed by atoms with Gasteiger partial charge in [0, 0.05) is 13.1 Å². The molecule has 0 aromatic carbocycles. The molecule has 1 atom stereocenters. The number of hydrogen-bond donors (Lipinski definition) is 0. The van der Waals surface area contributed by atoms with Gasteiger partial charge >= 0.3 is 0 Å². The maximum absolute atomic E-state index is 12.0. The van der Waals surface area contributed by atoms with Crippen LogP contribution in [0.25, 0.3) is 0 Å². The van der Waals surface area contributed by atoms with Crippen molar-refractivity contribution in [3.63, 3.8) is 0 Å². The van der Waals surface area contributed by atoms with E-state index in [1.54, 1.807) is 17.0 Å². The van der Waals surface area contributed by atoms with Crippen LogP contribution in [0, 0.1) is 5.92 Å². The summed E-state index contributed by atoms with van der Waals surface area (Å²) in [5.74, 6) is 0.886. The van der Waals surface area contributed by atoms with Gasteiger partial charge in [0.1, 0.15) is 0 Å². The van der Waals surface area contributed by atoms with Crippen LogP contribution in [0.4, 0.5) is 0 Å². The lowest BCUT2D eigenvalue weighted by atomic mass is 10.0. The average Bonchev–Trinajstić information content (AvgIpc) is 2.61. The van der Waals surface area contributed by atoms with Crippen molar-refractivity contribution in [2.24, 2.45) is 5.92 Å². The second kappa shape index (κ2) is 5.53. The largest absolute Gasteiger partial charge is 0.444 e. The van der Waals surface area contributed by atoms with Gasteiger partial charge in [-0.2, -0.15) is 0 Å². The predicted molar refractivity (Wildman–Crippen MR) is 67.4 cm³/mol. The topological polar surface area (TPSA) is 33.5 Å². The van der Waals surface area contributed by atoms with Crippen molar-refractivity contribution in [3.05, 3.63) is 22.6 Å². The summed E-state index contributed by atoms with van der Waals surface area (Å²) in [6.07, 6.45) is 0.990. The van der Waals surface area contributed by atoms with Crippen molar-refractivity contribution < 1.29 is 9.21 Å². The maximum Gasteiger partial charge on any atom is 0.289 e. The lowest BCUT2D eigenvalue weighted by Gasteiger charge is -2.25. The predicted octanol–water partition coefficient (Wildman–Crippen LogP) is 3.55. The molecule has 0 aliphatic heterocycles. The van der Waals surface area contributed by atoms with Crippen molar-refractivity contribution in [1.82, 2.24) is 4.90 Å². The van der Waals surface area contributed by atoms with Gasteiger partial charge in [-0.25, -0.2) is 0 Å². The number of rotatable bonds is 4. The van der Waals surface area contributed by atoms with Gasteiger partial charge in [0.2, 0.25) is 0 Å². The molecule has 1 heterocycles. The van der Waals surface area contributed by atoms with Crippen molar-refractivity contribution in [3.8, 4) is 0 Å². The van der Waals surface area contributed by atoms with Gasteiger partial charge in [-0.15, -0.1) is 0 Å². The SMILES string of the molecule is CC(C)CC(C)N(C)C(=O)c1ccc(Br)o1. The standard InChI is InChI=1S/C12H18BrNO2/c1-8(2)7-9(3)14(4)12(15)10-5-6-11(13)16-10/h5-6,8-9H,7H2,1-4H3. The molecular weight excluding hydrogens is 270 g/mol. The first kappa shape index (κ1) is 13.3. The first-order valence-electron chi connectivity index (χ1n) is 5.44. The molecule has 4 heteroatoms. The van der Waals surface area contributed by atoms with Gasteiger partial charge in [0.15, 0.2) is 10.4 Å². The summed E-state index contributed by atoms with van der Waals surface area (Å²) >= 11 is 3.19. The second-order valence-electron chi connectivity index (χ2n) is 4.50. The van der Waals surface area contributed by atoms with E-state index in [4.69, 9.17) is 4.42 Å². The molecule has 3 nitrogen and oxygen atoms in total. The minimum Gasteiger partial charge on any atom is -0.444 e. The van der Waals surface area contributed by atoms with Gasteiger partial charge in [0.25, 0.3) is 5.91 Å². The van der Waals surface area contributed by atoms with Crippen LogP contribution in [0.3, 0.4) is 0 Å². The summed E-state index contributed by atoms with van der Waals surface area (Å²) in [5, 5.41) is 0. The molecule has 16 heavy (non-hydrogen) atoms. The maximum atomic E-state index is 12.0. The second-order valence-corrected chi connectivity index (χ2v) is 5.28. The first-order valence-corrected chi connectivity index (χ1v) is 6.23. The fourth-order valence-electron chi connectivity index (χ4n) is 1.64. The molecule has 0 aliphatic rings. The Morgan fingerprint density at radius 1 is 1.44 bits per heavy atom. The molecule has 0 N–H and O–H groups in total. The molecule has 1 unspecified atom stereocenters. The third-order valence-corrected chi connectivity index (χ3v) is 3.00. The van der Waals surface area contributed by atoms with Gasteiger partial charge < -0.3 is 9.32 Å². The van der Waals surface area contributed by atoms with Crippen molar-refractivity contribution in [2.45, 2.75) is 33.2 Å². The number of furan rings is 1. The number of carbonyl (C=O) groups excluding carboxylic acids is 1. The van der Waals surface area contributed by atoms with Crippen LogP contribution in [0.15, 0.2) is 21.2 Å². The van der Waals surface area contributed by atoms with Crippen LogP contribution >= 0.6 is 15.9 Å². The van der Waals surface area contributed by atoms with E-state index in [0.29, 0.717) is 16.3 Å². The van der Waals surface area contributed by atoms with Crippen LogP contribution in [-0.2, 0) is 0 Å². The highest BCUT2D eigenvalue weighted by molar-refractivity contribution is 9.10. The monoisotopic (exact) mass is 287 g/mol. The zero-order chi connectivity index (χ0) is 12.3. The van der Waals surface area contributed by atoms with Gasteiger partial charge in [-0.1, -0.05) is 13.8 Å². The number of halogens is 1. The first-order chi connectivity index (χ1) is 7.41. The molecule has 0 radical (unpaired) electrons. The van der Waals surface area contributed by atoms with Crippen molar-refractivity contribution in [2.75, 3.05) is 7.05 Å². The van der Waals surface area contributed by atoms with E-state index >= 15 is 0 Å². The molecule has 0 bridgehead atoms. The Morgan fingerprint density at radius 2 is 2.06 bits per heavy atom. The lowest BCUT2D eigenvalue weighted by molar-refractivity contribution is 0.0694. The Labute approximate surface area is 105 Å². The summed E-state index contributed by atoms with van der Waals surface area (Å²) in [5.41, 5.74) is 0. The van der Waals surface area contributed by atoms with E-state index in [2.05, 4.69) is 36.7 Å². The molecule has 1 rings (SSSR count). The summed E-state index contributed by atoms with van der Waals surface area (Å²) in [7, 11) is 1.81. The number of nitrogens with zero attached hydrogens (tertiary/aromatic N) is 1. The highest BCUT2D eigenvalue weighted by Gasteiger charge is 2.20. The third kappa shape index (κ3) is 3.37. The highest BCUT2D eigenvalue weighted by Crippen LogP contribution is 2.17. The van der Waals surface area contributed by atoms with E-state index in [1.165, 1.54) is 0 Å². The van der Waals surface area contributed by atoms with Gasteiger partial charge in [-0.3, -0.25) is 4.79 Å². The van der Waals surface area contributed by atoms with Crippen LogP contribution in [0.1, 0.15) is 37.7 Å². The number of carbonyl (C=O) groups is 1. The van der Waals surface area contributed by atoms with Crippen molar-refractivity contribution in [1.29, 1.82) is 0 Å². The van der Waals surface area contributed by atoms with Gasteiger partial charge in [0.05, 0.1) is 0 Å². The molecule has 0 aliphatic carbocycles. The molecule has 1 aromatic heterocycles. The molecular formula is C12H18BrNO2. The Kier molecular flexibility index (Phi) is 4.59. The molecule has 1 aromatic rings. The Hall–Kier alpha value is -0.770. The molecule has 90 valence electrons. The number of amides is 1. The van der Waals surface area contributed by atoms with E-state index in [0.717, 1.165) is 6.42 Å². The minimum absolute atomic E-state index is 0.0705. The number of hydrogen-bond acceptors (Lipinski definition) is 2. The van der Waals surface area contributed by atoms with E-state index in [1.807, 2.05) is 7.05 Å². The third-order valence-electron chi connectivity index (χ3n) is 2.58. The molecule has 0 saturated carbocycles. The van der Waals surface area contributed by atoms with Gasteiger partial charge in [-0.05, 0) is 47.3 Å². The fraction of sp³-hybridized carbons (Fsp3) is 0.583. The van der Waals surface area contributed by atoms with Crippen LogP contribution in [0.2, 0.25) is 0 Å². The Morgan fingerprint density at radius 3 is 2.50 bits per heavy atom. The van der Waals surface area contributed by atoms with E-state index in [-0.39, 0.29) is 11.9 Å². The molecule has 0 spiro atoms. The summed E-state index contributed by atoms with van der Waals surface area (Å²) in [6.45, 7) is 6.35. The van der Waals surface area contributed by atoms with Crippen molar-refractivity contribution >= 4 is 21.8 Å². The van der Waals surface area contributed by atoms with Crippen LogP contribution in [0.5, 0.6) is 0 Å². The highest BCUT2D eigenvalue weighted by atomic mass is 79.9. The molecule has 0 fully saturated rings. The van der Waals surface area contributed by atoms with E-state index < -0.39 is 0 Å². The minimum atomic E-state index is -0.0705. The van der Waals surface area contributed by atoms with Crippen LogP contribution < -0.4 is 0 Å². The molecule has 1 amide bonds. The summed E-state index contributed by atoms with van der Waals surface area (Å²) < 4.78 is 5.83. The smallest absolute Gasteiger partial charge is 0.289 e. The quantitative estimate of drug-likeness (QED) is 0.849. The Bertz CT molecular complexity index is 360. The van der Waals surface area contributed by atoms with Crippen LogP contribution in [-0.4, -0.2) is 23.9 Å². The lowest BCUT2D eigenvalue weighted by Crippen LogP contribution is -2.35. The fourth-order valence-corrected chi connectivity index (χ4v) is 1.95. The molecule has 0 saturated heterocycles. The van der Waals surface area contributed by atoms with E-state index in [9.17, 15) is 4.79 Å². The average molecular weight is 288 g/mol. The normalized spacial score (nSPS) is 12.9.